The Labute approximate surface area is 211 Å². The van der Waals surface area contributed by atoms with Gasteiger partial charge in [-0.15, -0.1) is 15.3 Å². The van der Waals surface area contributed by atoms with Gasteiger partial charge in [0.25, 0.3) is 11.8 Å². The molecule has 38 heavy (non-hydrogen) atoms. The molecule has 1 aliphatic carbocycles. The molecule has 2 aromatic heterocycles. The standard InChI is InChI=1S/C22H18F6N6O3S/c1-11-16(18(35)30-12-4-3-5-13(10-12)38(2,29)36)19(34-33-17(11)21(23,24)25)37-15-7-6-14(31-32-15)20(8-9-20)22(26,27)28/h3-7,10,29H,8-9H2,1-2H3,(H,30,35). The molecule has 1 amide bonds. The summed E-state index contributed by atoms with van der Waals surface area (Å²) in [7, 11) is -3.16. The van der Waals surface area contributed by atoms with Crippen LogP contribution < -0.4 is 10.1 Å². The van der Waals surface area contributed by atoms with Crippen molar-refractivity contribution in [1.82, 2.24) is 20.4 Å². The van der Waals surface area contributed by atoms with Crippen molar-refractivity contribution in [2.24, 2.45) is 0 Å². The lowest BCUT2D eigenvalue weighted by molar-refractivity contribution is -0.161. The highest BCUT2D eigenvalue weighted by Crippen LogP contribution is 2.58. The maximum Gasteiger partial charge on any atom is 0.435 e. The first kappa shape index (κ1) is 27.2. The zero-order valence-electron chi connectivity index (χ0n) is 19.6. The molecule has 2 heterocycles. The van der Waals surface area contributed by atoms with E-state index < -0.39 is 62.0 Å². The minimum atomic E-state index is -4.97. The van der Waals surface area contributed by atoms with Crippen LogP contribution in [0.3, 0.4) is 0 Å². The molecule has 2 N–H and O–H groups in total. The van der Waals surface area contributed by atoms with E-state index in [-0.39, 0.29) is 29.1 Å². The Morgan fingerprint density at radius 1 is 1.05 bits per heavy atom. The average molecular weight is 560 g/mol. The summed E-state index contributed by atoms with van der Waals surface area (Å²) in [6.07, 6.45) is -8.67. The van der Waals surface area contributed by atoms with Gasteiger partial charge >= 0.3 is 12.4 Å². The molecule has 16 heteroatoms. The predicted molar refractivity (Wildman–Crippen MR) is 120 cm³/mol. The van der Waals surface area contributed by atoms with E-state index in [1.165, 1.54) is 24.3 Å². The van der Waals surface area contributed by atoms with E-state index in [1.54, 1.807) is 0 Å². The maximum atomic E-state index is 13.5. The molecular weight excluding hydrogens is 542 g/mol. The summed E-state index contributed by atoms with van der Waals surface area (Å²) in [5.41, 5.74) is -5.21. The van der Waals surface area contributed by atoms with Crippen molar-refractivity contribution in [2.45, 2.75) is 42.4 Å². The van der Waals surface area contributed by atoms with Crippen LogP contribution in [-0.4, -0.2) is 42.9 Å². The number of ether oxygens (including phenoxy) is 1. The number of carbonyl (C=O) groups is 1. The molecule has 1 aromatic carbocycles. The van der Waals surface area contributed by atoms with Crippen molar-refractivity contribution < 1.29 is 40.1 Å². The van der Waals surface area contributed by atoms with Gasteiger partial charge in [0, 0.05) is 22.9 Å². The zero-order chi connectivity index (χ0) is 28.1. The van der Waals surface area contributed by atoms with E-state index in [0.717, 1.165) is 25.3 Å². The molecule has 1 atom stereocenters. The first-order valence-corrected chi connectivity index (χ1v) is 12.7. The largest absolute Gasteiger partial charge is 0.435 e. The molecule has 1 saturated carbocycles. The third-order valence-corrected chi connectivity index (χ3v) is 7.00. The zero-order valence-corrected chi connectivity index (χ0v) is 20.4. The van der Waals surface area contributed by atoms with Gasteiger partial charge in [0.2, 0.25) is 5.88 Å². The molecule has 0 radical (unpaired) electrons. The van der Waals surface area contributed by atoms with Gasteiger partial charge in [0.15, 0.2) is 5.69 Å². The van der Waals surface area contributed by atoms with E-state index in [2.05, 4.69) is 25.7 Å². The SMILES string of the molecule is Cc1c(C(F)(F)F)nnc(Oc2ccc(C3(C(F)(F)F)CC3)nn2)c1C(=O)Nc1cccc(S(C)(=N)=O)c1. The number of rotatable bonds is 6. The number of nitrogens with zero attached hydrogens (tertiary/aromatic N) is 4. The van der Waals surface area contributed by atoms with Crippen LogP contribution in [0, 0.1) is 11.7 Å². The number of hydrogen-bond donors (Lipinski definition) is 2. The van der Waals surface area contributed by atoms with Crippen molar-refractivity contribution in [3.63, 3.8) is 0 Å². The monoisotopic (exact) mass is 560 g/mol. The maximum absolute atomic E-state index is 13.5. The summed E-state index contributed by atoms with van der Waals surface area (Å²) in [4.78, 5) is 13.1. The number of amides is 1. The van der Waals surface area contributed by atoms with Gasteiger partial charge in [-0.2, -0.15) is 31.4 Å². The topological polar surface area (TPSA) is 131 Å². The Hall–Kier alpha value is -3.82. The Balaban J connectivity index is 1.69. The lowest BCUT2D eigenvalue weighted by Gasteiger charge is -2.18. The Kier molecular flexibility index (Phi) is 6.58. The summed E-state index contributed by atoms with van der Waals surface area (Å²) >= 11 is 0. The van der Waals surface area contributed by atoms with Crippen molar-refractivity contribution in [2.75, 3.05) is 11.6 Å². The van der Waals surface area contributed by atoms with Gasteiger partial charge in [-0.1, -0.05) is 6.07 Å². The van der Waals surface area contributed by atoms with Gasteiger partial charge in [-0.3, -0.25) is 4.79 Å². The second kappa shape index (κ2) is 9.18. The summed E-state index contributed by atoms with van der Waals surface area (Å²) < 4.78 is 105. The molecule has 1 fully saturated rings. The van der Waals surface area contributed by atoms with Crippen LogP contribution in [0.15, 0.2) is 41.3 Å². The minimum Gasteiger partial charge on any atom is -0.417 e. The minimum absolute atomic E-state index is 0.0241. The van der Waals surface area contributed by atoms with Crippen molar-refractivity contribution in [3.8, 4) is 11.8 Å². The smallest absolute Gasteiger partial charge is 0.417 e. The molecule has 1 aliphatic rings. The highest BCUT2D eigenvalue weighted by molar-refractivity contribution is 7.91. The molecule has 0 bridgehead atoms. The number of hydrogen-bond acceptors (Lipinski definition) is 8. The van der Waals surface area contributed by atoms with Crippen LogP contribution in [-0.2, 0) is 21.3 Å². The molecule has 3 aromatic rings. The average Bonchev–Trinajstić information content (AvgIpc) is 3.61. The van der Waals surface area contributed by atoms with Gasteiger partial charge in [0.05, 0.1) is 15.4 Å². The highest BCUT2D eigenvalue weighted by atomic mass is 32.2. The predicted octanol–water partition coefficient (Wildman–Crippen LogP) is 5.27. The van der Waals surface area contributed by atoms with E-state index in [4.69, 9.17) is 9.52 Å². The number of anilines is 1. The third kappa shape index (κ3) is 5.25. The van der Waals surface area contributed by atoms with Crippen LogP contribution in [0.4, 0.5) is 32.0 Å². The molecule has 4 rings (SSSR count). The van der Waals surface area contributed by atoms with Crippen LogP contribution in [0.25, 0.3) is 0 Å². The number of benzene rings is 1. The fourth-order valence-corrected chi connectivity index (χ4v) is 4.35. The van der Waals surface area contributed by atoms with Gasteiger partial charge in [-0.05, 0) is 49.6 Å². The lowest BCUT2D eigenvalue weighted by atomic mass is 10.0. The van der Waals surface area contributed by atoms with E-state index >= 15 is 0 Å². The van der Waals surface area contributed by atoms with Gasteiger partial charge in [0.1, 0.15) is 11.0 Å². The van der Waals surface area contributed by atoms with Crippen LogP contribution in [0.5, 0.6) is 11.8 Å². The van der Waals surface area contributed by atoms with Crippen LogP contribution in [0.1, 0.15) is 40.2 Å². The number of carbonyl (C=O) groups excluding carboxylic acids is 1. The lowest BCUT2D eigenvalue weighted by Crippen LogP contribution is -2.29. The second-order valence-corrected chi connectivity index (χ2v) is 10.8. The van der Waals surface area contributed by atoms with Gasteiger partial charge < -0.3 is 10.1 Å². The fraction of sp³-hybridized carbons (Fsp3) is 0.318. The van der Waals surface area contributed by atoms with Crippen molar-refractivity contribution in [1.29, 1.82) is 4.78 Å². The van der Waals surface area contributed by atoms with E-state index in [1.807, 2.05) is 0 Å². The summed E-state index contributed by atoms with van der Waals surface area (Å²) in [6, 6.07) is 7.42. The highest BCUT2D eigenvalue weighted by Gasteiger charge is 2.65. The first-order valence-electron chi connectivity index (χ1n) is 10.7. The molecular formula is C22H18F6N6O3S. The Bertz CT molecular complexity index is 1500. The molecule has 0 aliphatic heterocycles. The quantitative estimate of drug-likeness (QED) is 0.393. The summed E-state index contributed by atoms with van der Waals surface area (Å²) in [5, 5.41) is 15.9. The summed E-state index contributed by atoms with van der Waals surface area (Å²) in [6.45, 7) is 0.966. The molecule has 1 unspecified atom stereocenters. The number of nitrogens with one attached hydrogen (secondary N) is 2. The Morgan fingerprint density at radius 2 is 1.74 bits per heavy atom. The molecule has 9 nitrogen and oxygen atoms in total. The fourth-order valence-electron chi connectivity index (χ4n) is 3.66. The third-order valence-electron chi connectivity index (χ3n) is 5.85. The van der Waals surface area contributed by atoms with Gasteiger partial charge in [-0.25, -0.2) is 8.99 Å². The van der Waals surface area contributed by atoms with Crippen molar-refractivity contribution >= 4 is 21.3 Å². The molecule has 0 spiro atoms. The normalized spacial score (nSPS) is 16.4. The number of halogens is 6. The second-order valence-electron chi connectivity index (χ2n) is 8.62. The van der Waals surface area contributed by atoms with E-state index in [0.29, 0.717) is 0 Å². The van der Waals surface area contributed by atoms with Crippen LogP contribution >= 0.6 is 0 Å². The van der Waals surface area contributed by atoms with E-state index in [9.17, 15) is 35.3 Å². The summed E-state index contributed by atoms with van der Waals surface area (Å²) in [5.74, 6) is -2.25. The first-order chi connectivity index (χ1) is 17.5. The Morgan fingerprint density at radius 3 is 2.26 bits per heavy atom. The van der Waals surface area contributed by atoms with Crippen molar-refractivity contribution in [3.05, 3.63) is 58.9 Å². The molecule has 0 saturated heterocycles. The molecule has 202 valence electrons. The number of alkyl halides is 6. The van der Waals surface area contributed by atoms with Crippen LogP contribution in [0.2, 0.25) is 0 Å². The number of aromatic nitrogens is 4.